The van der Waals surface area contributed by atoms with Crippen LogP contribution in [0.4, 0.5) is 0 Å². The molecule has 0 spiro atoms. The molecule has 2 atom stereocenters. The third kappa shape index (κ3) is 5.33. The highest BCUT2D eigenvalue weighted by Gasteiger charge is 2.26. The first-order valence-electron chi connectivity index (χ1n) is 8.80. The van der Waals surface area contributed by atoms with Crippen LogP contribution in [0.25, 0.3) is 0 Å². The van der Waals surface area contributed by atoms with Gasteiger partial charge < -0.3 is 14.7 Å². The van der Waals surface area contributed by atoms with Gasteiger partial charge in [0.25, 0.3) is 0 Å². The number of nitrogens with zero attached hydrogens (tertiary/aromatic N) is 1. The van der Waals surface area contributed by atoms with Crippen molar-refractivity contribution < 1.29 is 14.6 Å². The number of aryl methyl sites for hydroxylation is 1. The van der Waals surface area contributed by atoms with Gasteiger partial charge in [0.05, 0.1) is 18.6 Å². The molecule has 1 N–H and O–H groups in total. The van der Waals surface area contributed by atoms with Crippen LogP contribution in [0.3, 0.4) is 0 Å². The molecule has 1 aromatic carbocycles. The van der Waals surface area contributed by atoms with E-state index in [9.17, 15) is 9.90 Å². The fourth-order valence-corrected chi connectivity index (χ4v) is 3.16. The molecular weight excluding hydrogens is 290 g/mol. The van der Waals surface area contributed by atoms with Crippen molar-refractivity contribution >= 4 is 5.97 Å². The fraction of sp³-hybridized carbons (Fsp3) is 0.632. The van der Waals surface area contributed by atoms with E-state index in [-0.39, 0.29) is 11.9 Å². The average molecular weight is 319 g/mol. The molecule has 0 radical (unpaired) electrons. The number of aliphatic hydroxyl groups excluding tert-OH is 1. The maximum atomic E-state index is 11.9. The predicted octanol–water partition coefficient (Wildman–Crippen LogP) is 2.95. The zero-order chi connectivity index (χ0) is 16.7. The average Bonchev–Trinajstić information content (AvgIpc) is 2.60. The number of rotatable bonds is 7. The summed E-state index contributed by atoms with van der Waals surface area (Å²) in [6.45, 7) is 6.98. The van der Waals surface area contributed by atoms with E-state index in [2.05, 4.69) is 24.0 Å². The van der Waals surface area contributed by atoms with Gasteiger partial charge in [-0.3, -0.25) is 4.79 Å². The van der Waals surface area contributed by atoms with Crippen molar-refractivity contribution in [3.05, 3.63) is 35.4 Å². The number of ether oxygens (including phenoxy) is 1. The Hall–Kier alpha value is -1.39. The van der Waals surface area contributed by atoms with Crippen LogP contribution in [0.5, 0.6) is 0 Å². The molecule has 4 nitrogen and oxygen atoms in total. The van der Waals surface area contributed by atoms with Gasteiger partial charge in [0, 0.05) is 13.1 Å². The Morgan fingerprint density at radius 3 is 2.74 bits per heavy atom. The minimum Gasteiger partial charge on any atom is -0.466 e. The van der Waals surface area contributed by atoms with Gasteiger partial charge in [0.15, 0.2) is 0 Å². The van der Waals surface area contributed by atoms with Crippen LogP contribution in [0.2, 0.25) is 0 Å². The van der Waals surface area contributed by atoms with Gasteiger partial charge in [-0.1, -0.05) is 31.2 Å². The molecule has 0 aromatic heterocycles. The number of piperidine rings is 1. The monoisotopic (exact) mass is 319 g/mol. The fourth-order valence-electron chi connectivity index (χ4n) is 3.16. The summed E-state index contributed by atoms with van der Waals surface area (Å²) in [6.07, 6.45) is 3.20. The second-order valence-electron chi connectivity index (χ2n) is 6.29. The molecule has 0 aliphatic carbocycles. The number of esters is 1. The van der Waals surface area contributed by atoms with Gasteiger partial charge in [-0.05, 0) is 50.3 Å². The SMILES string of the molecule is CCOC(=O)C1CCCN(CCC(O)c2ccc(CC)cc2)C1. The number of hydrogen-bond acceptors (Lipinski definition) is 4. The summed E-state index contributed by atoms with van der Waals surface area (Å²) < 4.78 is 5.13. The number of hydrogen-bond donors (Lipinski definition) is 1. The third-order valence-electron chi connectivity index (χ3n) is 4.62. The minimum absolute atomic E-state index is 0.00956. The van der Waals surface area contributed by atoms with Crippen molar-refractivity contribution in [3.63, 3.8) is 0 Å². The predicted molar refractivity (Wildman–Crippen MR) is 91.2 cm³/mol. The van der Waals surface area contributed by atoms with Crippen LogP contribution in [0, 0.1) is 5.92 Å². The molecule has 1 aromatic rings. The molecule has 1 aliphatic rings. The molecule has 0 saturated carbocycles. The molecule has 1 aliphatic heterocycles. The zero-order valence-corrected chi connectivity index (χ0v) is 14.3. The Morgan fingerprint density at radius 2 is 2.09 bits per heavy atom. The van der Waals surface area contributed by atoms with E-state index in [1.807, 2.05) is 19.1 Å². The number of carbonyl (C=O) groups is 1. The van der Waals surface area contributed by atoms with Crippen LogP contribution in [-0.4, -0.2) is 42.2 Å². The lowest BCUT2D eigenvalue weighted by atomic mass is 9.97. The maximum Gasteiger partial charge on any atom is 0.310 e. The van der Waals surface area contributed by atoms with Crippen molar-refractivity contribution in [3.8, 4) is 0 Å². The summed E-state index contributed by atoms with van der Waals surface area (Å²) in [5, 5.41) is 10.4. The molecule has 2 rings (SSSR count). The van der Waals surface area contributed by atoms with Gasteiger partial charge >= 0.3 is 5.97 Å². The smallest absolute Gasteiger partial charge is 0.310 e. The Kier molecular flexibility index (Phi) is 7.06. The molecule has 0 bridgehead atoms. The van der Waals surface area contributed by atoms with Crippen molar-refractivity contribution in [2.75, 3.05) is 26.2 Å². The van der Waals surface area contributed by atoms with E-state index in [0.717, 1.165) is 44.5 Å². The van der Waals surface area contributed by atoms with E-state index in [0.29, 0.717) is 13.0 Å². The van der Waals surface area contributed by atoms with E-state index < -0.39 is 6.10 Å². The minimum atomic E-state index is -0.441. The van der Waals surface area contributed by atoms with E-state index >= 15 is 0 Å². The molecule has 128 valence electrons. The van der Waals surface area contributed by atoms with Gasteiger partial charge in [-0.2, -0.15) is 0 Å². The lowest BCUT2D eigenvalue weighted by Crippen LogP contribution is -2.40. The second kappa shape index (κ2) is 9.04. The largest absolute Gasteiger partial charge is 0.466 e. The summed E-state index contributed by atoms with van der Waals surface area (Å²) in [5.74, 6) is -0.0856. The number of likely N-dealkylation sites (tertiary alicyclic amines) is 1. The third-order valence-corrected chi connectivity index (χ3v) is 4.62. The first-order valence-corrected chi connectivity index (χ1v) is 8.80. The van der Waals surface area contributed by atoms with Gasteiger partial charge in [-0.25, -0.2) is 0 Å². The van der Waals surface area contributed by atoms with Crippen LogP contribution in [0.1, 0.15) is 50.3 Å². The highest BCUT2D eigenvalue weighted by atomic mass is 16.5. The summed E-state index contributed by atoms with van der Waals surface area (Å²) in [7, 11) is 0. The summed E-state index contributed by atoms with van der Waals surface area (Å²) in [5.41, 5.74) is 2.26. The summed E-state index contributed by atoms with van der Waals surface area (Å²) in [4.78, 5) is 14.1. The van der Waals surface area contributed by atoms with Gasteiger partial charge in [0.1, 0.15) is 0 Å². The van der Waals surface area contributed by atoms with Crippen LogP contribution in [-0.2, 0) is 16.0 Å². The molecule has 1 fully saturated rings. The number of carbonyl (C=O) groups excluding carboxylic acids is 1. The van der Waals surface area contributed by atoms with E-state index in [4.69, 9.17) is 4.74 Å². The second-order valence-corrected chi connectivity index (χ2v) is 6.29. The van der Waals surface area contributed by atoms with E-state index in [1.54, 1.807) is 0 Å². The Balaban J connectivity index is 1.80. The molecule has 23 heavy (non-hydrogen) atoms. The Labute approximate surface area is 139 Å². The lowest BCUT2D eigenvalue weighted by Gasteiger charge is -2.32. The van der Waals surface area contributed by atoms with Crippen LogP contribution < -0.4 is 0 Å². The quantitative estimate of drug-likeness (QED) is 0.785. The van der Waals surface area contributed by atoms with Gasteiger partial charge in [0.2, 0.25) is 0 Å². The molecule has 1 saturated heterocycles. The molecule has 4 heteroatoms. The summed E-state index contributed by atoms with van der Waals surface area (Å²) in [6, 6.07) is 8.19. The first kappa shape index (κ1) is 18.0. The van der Waals surface area contributed by atoms with Crippen molar-refractivity contribution in [2.45, 2.75) is 45.6 Å². The molecule has 0 amide bonds. The first-order chi connectivity index (χ1) is 11.1. The Morgan fingerprint density at radius 1 is 1.35 bits per heavy atom. The Bertz CT molecular complexity index is 486. The van der Waals surface area contributed by atoms with Crippen molar-refractivity contribution in [1.82, 2.24) is 4.90 Å². The van der Waals surface area contributed by atoms with Crippen molar-refractivity contribution in [1.29, 1.82) is 0 Å². The molecule has 2 unspecified atom stereocenters. The maximum absolute atomic E-state index is 11.9. The van der Waals surface area contributed by atoms with Gasteiger partial charge in [-0.15, -0.1) is 0 Å². The normalized spacial score (nSPS) is 20.2. The molecule has 1 heterocycles. The summed E-state index contributed by atoms with van der Waals surface area (Å²) >= 11 is 0. The molecular formula is C19H29NO3. The van der Waals surface area contributed by atoms with Crippen molar-refractivity contribution in [2.24, 2.45) is 5.92 Å². The highest BCUT2D eigenvalue weighted by Crippen LogP contribution is 2.22. The number of aliphatic hydroxyl groups is 1. The highest BCUT2D eigenvalue weighted by molar-refractivity contribution is 5.72. The zero-order valence-electron chi connectivity index (χ0n) is 14.3. The number of benzene rings is 1. The standard InChI is InChI=1S/C19H29NO3/c1-3-15-7-9-16(10-8-15)18(21)11-13-20-12-5-6-17(14-20)19(22)23-4-2/h7-10,17-18,21H,3-6,11-14H2,1-2H3. The van der Waals surface area contributed by atoms with Crippen LogP contribution in [0.15, 0.2) is 24.3 Å². The topological polar surface area (TPSA) is 49.8 Å². The van der Waals surface area contributed by atoms with E-state index in [1.165, 1.54) is 5.56 Å². The lowest BCUT2D eigenvalue weighted by molar-refractivity contribution is -0.149. The van der Waals surface area contributed by atoms with Crippen LogP contribution >= 0.6 is 0 Å².